The van der Waals surface area contributed by atoms with Crippen molar-refractivity contribution in [2.45, 2.75) is 13.0 Å². The molecule has 20 heavy (non-hydrogen) atoms. The summed E-state index contributed by atoms with van der Waals surface area (Å²) in [7, 11) is 3.24. The van der Waals surface area contributed by atoms with Crippen LogP contribution in [-0.2, 0) is 0 Å². The van der Waals surface area contributed by atoms with Crippen molar-refractivity contribution in [2.24, 2.45) is 0 Å². The van der Waals surface area contributed by atoms with Crippen LogP contribution in [0.25, 0.3) is 0 Å². The van der Waals surface area contributed by atoms with Crippen LogP contribution in [0.5, 0.6) is 11.5 Å². The molecule has 0 aliphatic carbocycles. The van der Waals surface area contributed by atoms with Crippen molar-refractivity contribution >= 4 is 11.6 Å². The Kier molecular flexibility index (Phi) is 4.93. The number of furan rings is 1. The minimum absolute atomic E-state index is 0.0499. The van der Waals surface area contributed by atoms with E-state index in [9.17, 15) is 0 Å². The summed E-state index contributed by atoms with van der Waals surface area (Å²) in [6, 6.07) is 7.62. The number of nitrogens with one attached hydrogen (secondary N) is 1. The van der Waals surface area contributed by atoms with E-state index < -0.39 is 0 Å². The number of ether oxygens (including phenoxy) is 2. The molecule has 0 spiro atoms. The SMILES string of the molecule is CCNC(c1ccc(OC)c(OC)c1)c1ccoc1Cl. The Labute approximate surface area is 123 Å². The van der Waals surface area contributed by atoms with Crippen LogP contribution in [0.1, 0.15) is 24.1 Å². The van der Waals surface area contributed by atoms with Crippen molar-refractivity contribution in [2.75, 3.05) is 20.8 Å². The zero-order chi connectivity index (χ0) is 14.5. The lowest BCUT2D eigenvalue weighted by atomic mass is 10.0. The van der Waals surface area contributed by atoms with E-state index in [1.54, 1.807) is 20.5 Å². The van der Waals surface area contributed by atoms with Gasteiger partial charge in [0.05, 0.1) is 26.5 Å². The summed E-state index contributed by atoms with van der Waals surface area (Å²) < 4.78 is 15.8. The maximum Gasteiger partial charge on any atom is 0.198 e. The molecule has 0 amide bonds. The zero-order valence-electron chi connectivity index (χ0n) is 11.8. The molecule has 1 aromatic carbocycles. The molecule has 0 saturated heterocycles. The Balaban J connectivity index is 2.42. The predicted octanol–water partition coefficient (Wildman–Crippen LogP) is 3.65. The molecule has 4 nitrogen and oxygen atoms in total. The van der Waals surface area contributed by atoms with Gasteiger partial charge in [-0.15, -0.1) is 0 Å². The van der Waals surface area contributed by atoms with E-state index in [2.05, 4.69) is 5.32 Å². The fourth-order valence-electron chi connectivity index (χ4n) is 2.15. The summed E-state index contributed by atoms with van der Waals surface area (Å²) >= 11 is 6.09. The highest BCUT2D eigenvalue weighted by molar-refractivity contribution is 6.29. The number of halogens is 1. The van der Waals surface area contributed by atoms with Crippen molar-refractivity contribution in [3.8, 4) is 11.5 Å². The van der Waals surface area contributed by atoms with Crippen molar-refractivity contribution in [1.82, 2.24) is 5.32 Å². The first-order valence-electron chi connectivity index (χ1n) is 6.39. The molecule has 2 rings (SSSR count). The second-order valence-corrected chi connectivity index (χ2v) is 4.60. The molecule has 1 N–H and O–H groups in total. The van der Waals surface area contributed by atoms with Gasteiger partial charge in [0.2, 0.25) is 0 Å². The van der Waals surface area contributed by atoms with Gasteiger partial charge >= 0.3 is 0 Å². The lowest BCUT2D eigenvalue weighted by molar-refractivity contribution is 0.354. The maximum atomic E-state index is 6.09. The molecule has 0 bridgehead atoms. The topological polar surface area (TPSA) is 43.6 Å². The van der Waals surface area contributed by atoms with Crippen molar-refractivity contribution in [3.05, 3.63) is 46.9 Å². The number of hydrogen-bond acceptors (Lipinski definition) is 4. The molecule has 0 saturated carbocycles. The van der Waals surface area contributed by atoms with Gasteiger partial charge in [-0.05, 0) is 41.9 Å². The minimum Gasteiger partial charge on any atom is -0.493 e. The first-order chi connectivity index (χ1) is 9.71. The molecule has 0 fully saturated rings. The molecule has 0 radical (unpaired) electrons. The highest BCUT2D eigenvalue weighted by Crippen LogP contribution is 2.34. The van der Waals surface area contributed by atoms with E-state index in [-0.39, 0.29) is 6.04 Å². The van der Waals surface area contributed by atoms with E-state index in [0.29, 0.717) is 16.7 Å². The van der Waals surface area contributed by atoms with Gasteiger partial charge in [-0.2, -0.15) is 0 Å². The third kappa shape index (κ3) is 2.92. The molecule has 1 heterocycles. The van der Waals surface area contributed by atoms with Gasteiger partial charge in [-0.25, -0.2) is 0 Å². The molecule has 5 heteroatoms. The Morgan fingerprint density at radius 3 is 2.50 bits per heavy atom. The summed E-state index contributed by atoms with van der Waals surface area (Å²) in [4.78, 5) is 0. The Morgan fingerprint density at radius 1 is 1.20 bits per heavy atom. The molecule has 2 aromatic rings. The third-order valence-electron chi connectivity index (χ3n) is 3.11. The van der Waals surface area contributed by atoms with Gasteiger partial charge in [-0.3, -0.25) is 0 Å². The molecule has 0 aliphatic rings. The van der Waals surface area contributed by atoms with Gasteiger partial charge in [0.25, 0.3) is 0 Å². The summed E-state index contributed by atoms with van der Waals surface area (Å²) in [6.07, 6.45) is 1.59. The average molecular weight is 296 g/mol. The van der Waals surface area contributed by atoms with Crippen LogP contribution in [0.3, 0.4) is 0 Å². The van der Waals surface area contributed by atoms with Gasteiger partial charge in [-0.1, -0.05) is 13.0 Å². The molecular formula is C15H18ClNO3. The fraction of sp³-hybridized carbons (Fsp3) is 0.333. The van der Waals surface area contributed by atoms with Crippen LogP contribution in [0.2, 0.25) is 5.22 Å². The first-order valence-corrected chi connectivity index (χ1v) is 6.77. The highest BCUT2D eigenvalue weighted by Gasteiger charge is 2.19. The summed E-state index contributed by atoms with van der Waals surface area (Å²) in [5.74, 6) is 1.39. The zero-order valence-corrected chi connectivity index (χ0v) is 12.5. The quantitative estimate of drug-likeness (QED) is 0.883. The largest absolute Gasteiger partial charge is 0.493 e. The highest BCUT2D eigenvalue weighted by atomic mass is 35.5. The van der Waals surface area contributed by atoms with Gasteiger partial charge in [0, 0.05) is 5.56 Å². The number of benzene rings is 1. The van der Waals surface area contributed by atoms with Crippen molar-refractivity contribution in [3.63, 3.8) is 0 Å². The van der Waals surface area contributed by atoms with E-state index in [0.717, 1.165) is 17.7 Å². The normalized spacial score (nSPS) is 12.2. The maximum absolute atomic E-state index is 6.09. The predicted molar refractivity (Wildman–Crippen MR) is 78.8 cm³/mol. The van der Waals surface area contributed by atoms with Crippen LogP contribution in [0, 0.1) is 0 Å². The second kappa shape index (κ2) is 6.68. The number of methoxy groups -OCH3 is 2. The molecule has 1 unspecified atom stereocenters. The molecule has 1 atom stereocenters. The minimum atomic E-state index is -0.0499. The van der Waals surface area contributed by atoms with Gasteiger partial charge in [0.15, 0.2) is 16.7 Å². The van der Waals surface area contributed by atoms with Crippen LogP contribution in [-0.4, -0.2) is 20.8 Å². The van der Waals surface area contributed by atoms with Crippen LogP contribution in [0.15, 0.2) is 34.9 Å². The Bertz CT molecular complexity index is 568. The first kappa shape index (κ1) is 14.8. The average Bonchev–Trinajstić information content (AvgIpc) is 2.90. The number of rotatable bonds is 6. The third-order valence-corrected chi connectivity index (χ3v) is 3.41. The monoisotopic (exact) mass is 295 g/mol. The van der Waals surface area contributed by atoms with Gasteiger partial charge in [0.1, 0.15) is 0 Å². The summed E-state index contributed by atoms with van der Waals surface area (Å²) in [5.41, 5.74) is 1.94. The van der Waals surface area contributed by atoms with E-state index in [1.807, 2.05) is 31.2 Å². The van der Waals surface area contributed by atoms with Crippen molar-refractivity contribution in [1.29, 1.82) is 0 Å². The molecule has 0 aliphatic heterocycles. The standard InChI is InChI=1S/C15H18ClNO3/c1-4-17-14(11-7-8-20-15(11)16)10-5-6-12(18-2)13(9-10)19-3/h5-9,14,17H,4H2,1-3H3. The lowest BCUT2D eigenvalue weighted by Crippen LogP contribution is -2.21. The summed E-state index contributed by atoms with van der Waals surface area (Å²) in [5, 5.41) is 3.78. The van der Waals surface area contributed by atoms with E-state index >= 15 is 0 Å². The fourth-order valence-corrected chi connectivity index (χ4v) is 2.38. The molecule has 108 valence electrons. The lowest BCUT2D eigenvalue weighted by Gasteiger charge is -2.19. The number of hydrogen-bond donors (Lipinski definition) is 1. The summed E-state index contributed by atoms with van der Waals surface area (Å²) in [6.45, 7) is 2.85. The second-order valence-electron chi connectivity index (χ2n) is 4.25. The molecule has 1 aromatic heterocycles. The molecular weight excluding hydrogens is 278 g/mol. The van der Waals surface area contributed by atoms with E-state index in [1.165, 1.54) is 0 Å². The van der Waals surface area contributed by atoms with Crippen LogP contribution in [0.4, 0.5) is 0 Å². The Hall–Kier alpha value is -1.65. The van der Waals surface area contributed by atoms with Crippen LogP contribution >= 0.6 is 11.6 Å². The Morgan fingerprint density at radius 2 is 1.95 bits per heavy atom. The van der Waals surface area contributed by atoms with Crippen molar-refractivity contribution < 1.29 is 13.9 Å². The smallest absolute Gasteiger partial charge is 0.198 e. The van der Waals surface area contributed by atoms with E-state index in [4.69, 9.17) is 25.5 Å². The van der Waals surface area contributed by atoms with Gasteiger partial charge < -0.3 is 19.2 Å². The van der Waals surface area contributed by atoms with Crippen LogP contribution < -0.4 is 14.8 Å².